The molecule has 0 atom stereocenters. The highest BCUT2D eigenvalue weighted by Gasteiger charge is 2.57. The zero-order valence-corrected chi connectivity index (χ0v) is 18.5. The van der Waals surface area contributed by atoms with Gasteiger partial charge in [-0.1, -0.05) is 72.8 Å². The molecular formula is C27H29N3O2. The zero-order chi connectivity index (χ0) is 22.1. The number of carbonyl (C=O) groups excluding carboxylic acids is 2. The maximum atomic E-state index is 13.7. The SMILES string of the molecule is CCN1C(=O)N(Cc2cccc3ccccc23)C(=O)C12CCN(Cc1ccccc1)CC2. The van der Waals surface area contributed by atoms with Gasteiger partial charge in [0.05, 0.1) is 6.54 Å². The van der Waals surface area contributed by atoms with Crippen molar-refractivity contribution in [3.8, 4) is 0 Å². The van der Waals surface area contributed by atoms with E-state index in [2.05, 4.69) is 47.4 Å². The number of likely N-dealkylation sites (tertiary alicyclic amines) is 1. The van der Waals surface area contributed by atoms with E-state index in [1.165, 1.54) is 10.5 Å². The van der Waals surface area contributed by atoms with Crippen molar-refractivity contribution >= 4 is 22.7 Å². The van der Waals surface area contributed by atoms with Crippen LogP contribution in [-0.2, 0) is 17.9 Å². The lowest BCUT2D eigenvalue weighted by Gasteiger charge is -2.42. The molecule has 164 valence electrons. The maximum Gasteiger partial charge on any atom is 0.327 e. The Morgan fingerprint density at radius 1 is 0.812 bits per heavy atom. The molecule has 0 aromatic heterocycles. The fourth-order valence-electron chi connectivity index (χ4n) is 5.37. The van der Waals surface area contributed by atoms with Crippen molar-refractivity contribution in [3.63, 3.8) is 0 Å². The van der Waals surface area contributed by atoms with Gasteiger partial charge in [-0.2, -0.15) is 0 Å². The van der Waals surface area contributed by atoms with Gasteiger partial charge in [-0.15, -0.1) is 0 Å². The number of imide groups is 1. The predicted octanol–water partition coefficient (Wildman–Crippen LogP) is 4.66. The minimum atomic E-state index is -0.705. The lowest BCUT2D eigenvalue weighted by Crippen LogP contribution is -2.56. The first-order chi connectivity index (χ1) is 15.6. The number of likely N-dealkylation sites (N-methyl/N-ethyl adjacent to an activating group) is 1. The number of urea groups is 1. The van der Waals surface area contributed by atoms with Crippen molar-refractivity contribution in [1.82, 2.24) is 14.7 Å². The average molecular weight is 428 g/mol. The van der Waals surface area contributed by atoms with Gasteiger partial charge in [0, 0.05) is 26.2 Å². The number of piperidine rings is 1. The highest BCUT2D eigenvalue weighted by atomic mass is 16.2. The van der Waals surface area contributed by atoms with Crippen LogP contribution in [0.2, 0.25) is 0 Å². The molecule has 0 bridgehead atoms. The number of hydrogen-bond acceptors (Lipinski definition) is 3. The summed E-state index contributed by atoms with van der Waals surface area (Å²) in [5.74, 6) is -0.0309. The molecule has 0 N–H and O–H groups in total. The molecule has 5 rings (SSSR count). The third-order valence-electron chi connectivity index (χ3n) is 7.08. The summed E-state index contributed by atoms with van der Waals surface area (Å²) in [7, 11) is 0. The van der Waals surface area contributed by atoms with Crippen LogP contribution in [0.25, 0.3) is 10.8 Å². The Hall–Kier alpha value is -3.18. The number of carbonyl (C=O) groups is 2. The summed E-state index contributed by atoms with van der Waals surface area (Å²) in [5, 5.41) is 2.22. The first-order valence-corrected chi connectivity index (χ1v) is 11.5. The Morgan fingerprint density at radius 3 is 2.25 bits per heavy atom. The molecule has 3 aromatic carbocycles. The van der Waals surface area contributed by atoms with Gasteiger partial charge in [0.1, 0.15) is 5.54 Å². The van der Waals surface area contributed by atoms with E-state index in [9.17, 15) is 9.59 Å². The zero-order valence-electron chi connectivity index (χ0n) is 18.5. The standard InChI is InChI=1S/C27H29N3O2/c1-2-30-26(32)29(20-23-13-8-12-22-11-6-7-14-24(22)23)25(31)27(30)15-17-28(18-16-27)19-21-9-4-3-5-10-21/h3-14H,2,15-20H2,1H3. The summed E-state index contributed by atoms with van der Waals surface area (Å²) < 4.78 is 0. The topological polar surface area (TPSA) is 43.9 Å². The first-order valence-electron chi connectivity index (χ1n) is 11.5. The van der Waals surface area contributed by atoms with Crippen LogP contribution in [0.5, 0.6) is 0 Å². The van der Waals surface area contributed by atoms with Gasteiger partial charge in [0.15, 0.2) is 0 Å². The third-order valence-corrected chi connectivity index (χ3v) is 7.08. The lowest BCUT2D eigenvalue weighted by molar-refractivity contribution is -0.136. The normalized spacial score (nSPS) is 18.8. The number of rotatable bonds is 5. The Bertz CT molecular complexity index is 1130. The highest BCUT2D eigenvalue weighted by molar-refractivity contribution is 6.07. The smallest absolute Gasteiger partial charge is 0.310 e. The van der Waals surface area contributed by atoms with Crippen molar-refractivity contribution in [1.29, 1.82) is 0 Å². The number of fused-ring (bicyclic) bond motifs is 1. The average Bonchev–Trinajstić information content (AvgIpc) is 3.02. The lowest BCUT2D eigenvalue weighted by atomic mass is 9.85. The first kappa shape index (κ1) is 20.7. The second-order valence-corrected chi connectivity index (χ2v) is 8.85. The number of hydrogen-bond donors (Lipinski definition) is 0. The monoisotopic (exact) mass is 427 g/mol. The maximum absolute atomic E-state index is 13.7. The van der Waals surface area contributed by atoms with Gasteiger partial charge in [0.25, 0.3) is 5.91 Å². The van der Waals surface area contributed by atoms with Crippen LogP contribution in [0.3, 0.4) is 0 Å². The summed E-state index contributed by atoms with van der Waals surface area (Å²) in [6.07, 6.45) is 1.37. The molecule has 0 saturated carbocycles. The molecule has 0 aliphatic carbocycles. The van der Waals surface area contributed by atoms with Crippen molar-refractivity contribution in [3.05, 3.63) is 83.9 Å². The molecule has 3 aromatic rings. The minimum absolute atomic E-state index is 0.0309. The predicted molar refractivity (Wildman–Crippen MR) is 126 cm³/mol. The minimum Gasteiger partial charge on any atom is -0.310 e. The molecular weight excluding hydrogens is 398 g/mol. The molecule has 32 heavy (non-hydrogen) atoms. The van der Waals surface area contributed by atoms with E-state index in [4.69, 9.17) is 0 Å². The van der Waals surface area contributed by atoms with E-state index in [0.29, 0.717) is 25.9 Å². The second-order valence-electron chi connectivity index (χ2n) is 8.85. The van der Waals surface area contributed by atoms with Gasteiger partial charge in [-0.3, -0.25) is 14.6 Å². The van der Waals surface area contributed by atoms with Crippen LogP contribution in [-0.4, -0.2) is 51.8 Å². The summed E-state index contributed by atoms with van der Waals surface area (Å²) in [6.45, 7) is 5.36. The van der Waals surface area contributed by atoms with Crippen LogP contribution in [0, 0.1) is 0 Å². The van der Waals surface area contributed by atoms with Crippen molar-refractivity contribution in [2.45, 2.75) is 38.4 Å². The summed E-state index contributed by atoms with van der Waals surface area (Å²) >= 11 is 0. The van der Waals surface area contributed by atoms with Gasteiger partial charge < -0.3 is 4.90 Å². The largest absolute Gasteiger partial charge is 0.327 e. The number of nitrogens with zero attached hydrogens (tertiary/aromatic N) is 3. The van der Waals surface area contributed by atoms with Crippen LogP contribution < -0.4 is 0 Å². The summed E-state index contributed by atoms with van der Waals surface area (Å²) in [6, 6.07) is 24.5. The van der Waals surface area contributed by atoms with Gasteiger partial charge in [0.2, 0.25) is 0 Å². The van der Waals surface area contributed by atoms with Gasteiger partial charge >= 0.3 is 6.03 Å². The van der Waals surface area contributed by atoms with E-state index in [1.807, 2.05) is 42.2 Å². The number of amides is 3. The molecule has 5 nitrogen and oxygen atoms in total. The molecule has 2 heterocycles. The van der Waals surface area contributed by atoms with E-state index in [0.717, 1.165) is 36.0 Å². The van der Waals surface area contributed by atoms with E-state index < -0.39 is 5.54 Å². The number of benzene rings is 3. The molecule has 5 heteroatoms. The van der Waals surface area contributed by atoms with Crippen LogP contribution in [0.15, 0.2) is 72.8 Å². The molecule has 2 fully saturated rings. The van der Waals surface area contributed by atoms with Crippen molar-refractivity contribution < 1.29 is 9.59 Å². The second kappa shape index (κ2) is 8.40. The molecule has 2 aliphatic heterocycles. The van der Waals surface area contributed by atoms with E-state index in [-0.39, 0.29) is 11.9 Å². The molecule has 2 aliphatic rings. The third kappa shape index (κ3) is 3.47. The van der Waals surface area contributed by atoms with Crippen molar-refractivity contribution in [2.75, 3.05) is 19.6 Å². The molecule has 0 unspecified atom stereocenters. The fourth-order valence-corrected chi connectivity index (χ4v) is 5.37. The summed E-state index contributed by atoms with van der Waals surface area (Å²) in [5.41, 5.74) is 1.59. The Balaban J connectivity index is 1.36. The molecule has 2 saturated heterocycles. The van der Waals surface area contributed by atoms with Crippen LogP contribution >= 0.6 is 0 Å². The highest BCUT2D eigenvalue weighted by Crippen LogP contribution is 2.38. The Kier molecular flexibility index (Phi) is 5.43. The Labute approximate surface area is 189 Å². The van der Waals surface area contributed by atoms with E-state index >= 15 is 0 Å². The molecule has 3 amide bonds. The quantitative estimate of drug-likeness (QED) is 0.557. The van der Waals surface area contributed by atoms with E-state index in [1.54, 1.807) is 0 Å². The Morgan fingerprint density at radius 2 is 1.50 bits per heavy atom. The molecule has 1 spiro atoms. The summed E-state index contributed by atoms with van der Waals surface area (Å²) in [4.78, 5) is 32.8. The van der Waals surface area contributed by atoms with Crippen LogP contribution in [0.4, 0.5) is 4.79 Å². The van der Waals surface area contributed by atoms with Gasteiger partial charge in [-0.25, -0.2) is 4.79 Å². The molecule has 0 radical (unpaired) electrons. The van der Waals surface area contributed by atoms with Crippen LogP contribution in [0.1, 0.15) is 30.9 Å². The fraction of sp³-hybridized carbons (Fsp3) is 0.333. The van der Waals surface area contributed by atoms with Gasteiger partial charge in [-0.05, 0) is 41.7 Å². The van der Waals surface area contributed by atoms with Crippen molar-refractivity contribution in [2.24, 2.45) is 0 Å².